The summed E-state index contributed by atoms with van der Waals surface area (Å²) in [5.74, 6) is -1.52. The molecule has 10 heteroatoms. The van der Waals surface area contributed by atoms with Gasteiger partial charge in [-0.15, -0.1) is 0 Å². The van der Waals surface area contributed by atoms with Crippen molar-refractivity contribution in [2.75, 3.05) is 17.9 Å². The molecule has 1 unspecified atom stereocenters. The second-order valence-electron chi connectivity index (χ2n) is 7.99. The lowest BCUT2D eigenvalue weighted by atomic mass is 10.1. The number of likely N-dealkylation sites (N-methyl/N-ethyl adjacent to an activating group) is 1. The molecule has 0 bridgehead atoms. The topological polar surface area (TPSA) is 86.8 Å². The fourth-order valence-corrected chi connectivity index (χ4v) is 5.27. The molecule has 0 aromatic heterocycles. The van der Waals surface area contributed by atoms with E-state index in [4.69, 9.17) is 11.6 Å². The monoisotopic (exact) mass is 531 g/mol. The fourth-order valence-electron chi connectivity index (χ4n) is 3.73. The van der Waals surface area contributed by atoms with Crippen molar-refractivity contribution < 1.29 is 22.4 Å². The van der Waals surface area contributed by atoms with Gasteiger partial charge >= 0.3 is 0 Å². The summed E-state index contributed by atoms with van der Waals surface area (Å²) in [6, 6.07) is 18.5. The molecule has 190 valence electrons. The number of anilines is 1. The smallest absolute Gasteiger partial charge is 0.264 e. The number of nitrogens with one attached hydrogen (secondary N) is 1. The van der Waals surface area contributed by atoms with E-state index in [9.17, 15) is 22.4 Å². The molecule has 3 rings (SSSR count). The molecule has 36 heavy (non-hydrogen) atoms. The van der Waals surface area contributed by atoms with Crippen molar-refractivity contribution in [2.24, 2.45) is 0 Å². The molecule has 3 aromatic carbocycles. The summed E-state index contributed by atoms with van der Waals surface area (Å²) in [7, 11) is -2.76. The average Bonchev–Trinajstić information content (AvgIpc) is 2.88. The highest BCUT2D eigenvalue weighted by Gasteiger charge is 2.33. The number of benzene rings is 3. The molecule has 0 aliphatic heterocycles. The van der Waals surface area contributed by atoms with E-state index in [1.165, 1.54) is 11.9 Å². The Morgan fingerprint density at radius 3 is 2.14 bits per heavy atom. The predicted octanol–water partition coefficient (Wildman–Crippen LogP) is 4.23. The summed E-state index contributed by atoms with van der Waals surface area (Å²) in [6.07, 6.45) is 0.315. The first kappa shape index (κ1) is 27.2. The van der Waals surface area contributed by atoms with Gasteiger partial charge in [-0.25, -0.2) is 12.8 Å². The number of sulfonamides is 1. The van der Waals surface area contributed by atoms with E-state index in [-0.39, 0.29) is 23.0 Å². The van der Waals surface area contributed by atoms with Gasteiger partial charge in [0.2, 0.25) is 11.8 Å². The number of halogens is 2. The summed E-state index contributed by atoms with van der Waals surface area (Å²) in [6.45, 7) is 1.28. The van der Waals surface area contributed by atoms with Crippen LogP contribution in [0.2, 0.25) is 5.02 Å². The molecule has 0 saturated carbocycles. The minimum atomic E-state index is -4.24. The van der Waals surface area contributed by atoms with Crippen molar-refractivity contribution in [3.63, 3.8) is 0 Å². The zero-order chi connectivity index (χ0) is 26.3. The molecule has 2 amide bonds. The SMILES string of the molecule is CCC(C(=O)NC)N(Cc1ccc(Cl)cc1)C(=O)CN(c1ccccc1)S(=O)(=O)c1ccc(F)cc1. The molecule has 0 heterocycles. The van der Waals surface area contributed by atoms with Crippen molar-refractivity contribution in [3.8, 4) is 0 Å². The molecule has 0 aliphatic rings. The Morgan fingerprint density at radius 1 is 0.972 bits per heavy atom. The van der Waals surface area contributed by atoms with Crippen LogP contribution in [-0.2, 0) is 26.2 Å². The van der Waals surface area contributed by atoms with E-state index >= 15 is 0 Å². The molecule has 0 saturated heterocycles. The van der Waals surface area contributed by atoms with Gasteiger partial charge in [0.25, 0.3) is 10.0 Å². The van der Waals surface area contributed by atoms with Crippen molar-refractivity contribution in [1.29, 1.82) is 0 Å². The van der Waals surface area contributed by atoms with Gasteiger partial charge in [-0.2, -0.15) is 0 Å². The molecular weight excluding hydrogens is 505 g/mol. The van der Waals surface area contributed by atoms with Crippen LogP contribution in [0.15, 0.2) is 83.8 Å². The maximum atomic E-state index is 13.7. The Kier molecular flexibility index (Phi) is 9.06. The number of rotatable bonds is 10. The van der Waals surface area contributed by atoms with Gasteiger partial charge in [0.15, 0.2) is 0 Å². The highest BCUT2D eigenvalue weighted by atomic mass is 35.5. The fraction of sp³-hybridized carbons (Fsp3) is 0.231. The van der Waals surface area contributed by atoms with Crippen molar-refractivity contribution in [2.45, 2.75) is 30.8 Å². The molecule has 7 nitrogen and oxygen atoms in total. The first-order valence-corrected chi connectivity index (χ1v) is 13.1. The van der Waals surface area contributed by atoms with Crippen LogP contribution in [0.25, 0.3) is 0 Å². The summed E-state index contributed by atoms with van der Waals surface area (Å²) >= 11 is 5.99. The molecule has 0 spiro atoms. The first-order chi connectivity index (χ1) is 17.2. The van der Waals surface area contributed by atoms with Gasteiger partial charge in [-0.05, 0) is 60.5 Å². The number of hydrogen-bond donors (Lipinski definition) is 1. The summed E-state index contributed by atoms with van der Waals surface area (Å²) in [5.41, 5.74) is 0.984. The Balaban J connectivity index is 2.02. The summed E-state index contributed by atoms with van der Waals surface area (Å²) in [5, 5.41) is 3.10. The largest absolute Gasteiger partial charge is 0.357 e. The third-order valence-corrected chi connectivity index (χ3v) is 7.66. The van der Waals surface area contributed by atoms with Crippen molar-refractivity contribution in [1.82, 2.24) is 10.2 Å². The number of hydrogen-bond acceptors (Lipinski definition) is 4. The lowest BCUT2D eigenvalue weighted by Crippen LogP contribution is -2.51. The highest BCUT2D eigenvalue weighted by molar-refractivity contribution is 7.92. The molecule has 1 N–H and O–H groups in total. The first-order valence-electron chi connectivity index (χ1n) is 11.3. The van der Waals surface area contributed by atoms with E-state index in [2.05, 4.69) is 5.32 Å². The quantitative estimate of drug-likeness (QED) is 0.424. The van der Waals surface area contributed by atoms with Crippen LogP contribution in [0.1, 0.15) is 18.9 Å². The van der Waals surface area contributed by atoms with E-state index in [0.717, 1.165) is 34.1 Å². The van der Waals surface area contributed by atoms with Crippen LogP contribution in [0.3, 0.4) is 0 Å². The molecule has 0 radical (unpaired) electrons. The Bertz CT molecular complexity index is 1290. The third-order valence-electron chi connectivity index (χ3n) is 5.62. The third kappa shape index (κ3) is 6.41. The van der Waals surface area contributed by atoms with Crippen LogP contribution >= 0.6 is 11.6 Å². The minimum Gasteiger partial charge on any atom is -0.357 e. The molecular formula is C26H27ClFN3O4S. The lowest BCUT2D eigenvalue weighted by molar-refractivity contribution is -0.140. The maximum absolute atomic E-state index is 13.7. The standard InChI is InChI=1S/C26H27ClFN3O4S/c1-3-24(26(33)29-2)30(17-19-9-11-20(27)12-10-19)25(32)18-31(22-7-5-4-6-8-22)36(34,35)23-15-13-21(28)14-16-23/h4-16,24H,3,17-18H2,1-2H3,(H,29,33). The van der Waals surface area contributed by atoms with Crippen LogP contribution in [0, 0.1) is 5.82 Å². The van der Waals surface area contributed by atoms with Crippen molar-refractivity contribution >= 4 is 39.1 Å². The van der Waals surface area contributed by atoms with Gasteiger partial charge in [-0.3, -0.25) is 13.9 Å². The summed E-state index contributed by atoms with van der Waals surface area (Å²) < 4.78 is 41.6. The zero-order valence-corrected chi connectivity index (χ0v) is 21.5. The number of para-hydroxylation sites is 1. The van der Waals surface area contributed by atoms with E-state index in [1.54, 1.807) is 61.5 Å². The summed E-state index contributed by atoms with van der Waals surface area (Å²) in [4.78, 5) is 27.5. The predicted molar refractivity (Wildman–Crippen MR) is 138 cm³/mol. The van der Waals surface area contributed by atoms with Crippen molar-refractivity contribution in [3.05, 3.63) is 95.3 Å². The minimum absolute atomic E-state index is 0.0706. The van der Waals surface area contributed by atoms with Gasteiger partial charge in [0.1, 0.15) is 18.4 Å². The molecule has 0 aliphatic carbocycles. The molecule has 3 aromatic rings. The van der Waals surface area contributed by atoms with Gasteiger partial charge in [-0.1, -0.05) is 48.9 Å². The zero-order valence-electron chi connectivity index (χ0n) is 19.9. The Hall–Kier alpha value is -3.43. The normalized spacial score (nSPS) is 12.0. The maximum Gasteiger partial charge on any atom is 0.264 e. The van der Waals surface area contributed by atoms with Crippen LogP contribution in [-0.4, -0.2) is 44.8 Å². The van der Waals surface area contributed by atoms with Gasteiger partial charge in [0.05, 0.1) is 10.6 Å². The van der Waals surface area contributed by atoms with E-state index in [1.807, 2.05) is 0 Å². The second-order valence-corrected chi connectivity index (χ2v) is 10.3. The van der Waals surface area contributed by atoms with Crippen LogP contribution in [0.5, 0.6) is 0 Å². The Morgan fingerprint density at radius 2 is 1.58 bits per heavy atom. The lowest BCUT2D eigenvalue weighted by Gasteiger charge is -2.33. The van der Waals surface area contributed by atoms with E-state index in [0.29, 0.717) is 11.4 Å². The number of nitrogens with zero attached hydrogens (tertiary/aromatic N) is 2. The molecule has 1 atom stereocenters. The number of carbonyl (C=O) groups excluding carboxylic acids is 2. The number of amides is 2. The highest BCUT2D eigenvalue weighted by Crippen LogP contribution is 2.25. The van der Waals surface area contributed by atoms with Crippen LogP contribution < -0.4 is 9.62 Å². The van der Waals surface area contributed by atoms with E-state index < -0.39 is 34.3 Å². The van der Waals surface area contributed by atoms with Gasteiger partial charge in [0, 0.05) is 18.6 Å². The van der Waals surface area contributed by atoms with Gasteiger partial charge < -0.3 is 10.2 Å². The molecule has 0 fully saturated rings. The Labute approximate surface area is 215 Å². The number of carbonyl (C=O) groups is 2. The second kappa shape index (κ2) is 12.0. The van der Waals surface area contributed by atoms with Crippen LogP contribution in [0.4, 0.5) is 10.1 Å². The average molecular weight is 532 g/mol.